The Bertz CT molecular complexity index is 310. The maximum absolute atomic E-state index is 4.65. The molecule has 0 aromatic carbocycles. The smallest absolute Gasteiger partial charge is 0.132 e. The van der Waals surface area contributed by atoms with Gasteiger partial charge >= 0.3 is 0 Å². The molecule has 0 spiro atoms. The first-order valence-electron chi connectivity index (χ1n) is 6.13. The van der Waals surface area contributed by atoms with Crippen LogP contribution in [0.1, 0.15) is 44.6 Å². The van der Waals surface area contributed by atoms with Gasteiger partial charge in [-0.15, -0.1) is 0 Å². The first kappa shape index (κ1) is 13.1. The molecule has 0 aliphatic rings. The Balaban J connectivity index is 2.79. The van der Waals surface area contributed by atoms with Gasteiger partial charge in [-0.3, -0.25) is 0 Å². The summed E-state index contributed by atoms with van der Waals surface area (Å²) in [7, 11) is 1.97. The zero-order valence-electron chi connectivity index (χ0n) is 10.8. The SMILES string of the molecule is CCC(CNC)c1nccc(CC(C)C)n1. The summed E-state index contributed by atoms with van der Waals surface area (Å²) in [6, 6.07) is 2.02. The fourth-order valence-corrected chi connectivity index (χ4v) is 1.81. The number of rotatable bonds is 6. The van der Waals surface area contributed by atoms with Crippen molar-refractivity contribution in [2.75, 3.05) is 13.6 Å². The summed E-state index contributed by atoms with van der Waals surface area (Å²) in [5, 5.41) is 3.20. The Labute approximate surface area is 98.7 Å². The highest BCUT2D eigenvalue weighted by Gasteiger charge is 2.12. The Morgan fingerprint density at radius 2 is 2.12 bits per heavy atom. The molecule has 3 nitrogen and oxygen atoms in total. The molecular weight excluding hydrogens is 198 g/mol. The lowest BCUT2D eigenvalue weighted by atomic mass is 10.0. The fourth-order valence-electron chi connectivity index (χ4n) is 1.81. The third kappa shape index (κ3) is 3.89. The molecule has 1 heterocycles. The Hall–Kier alpha value is -0.960. The first-order valence-corrected chi connectivity index (χ1v) is 6.13. The highest BCUT2D eigenvalue weighted by atomic mass is 14.9. The van der Waals surface area contributed by atoms with E-state index >= 15 is 0 Å². The second-order valence-corrected chi connectivity index (χ2v) is 4.67. The van der Waals surface area contributed by atoms with Crippen molar-refractivity contribution in [3.63, 3.8) is 0 Å². The Kier molecular flexibility index (Phi) is 5.39. The number of nitrogens with one attached hydrogen (secondary N) is 1. The molecule has 0 saturated carbocycles. The van der Waals surface area contributed by atoms with Crippen LogP contribution in [0, 0.1) is 5.92 Å². The average Bonchev–Trinajstić information content (AvgIpc) is 2.25. The van der Waals surface area contributed by atoms with Gasteiger partial charge in [0.25, 0.3) is 0 Å². The van der Waals surface area contributed by atoms with Gasteiger partial charge in [0.1, 0.15) is 5.82 Å². The highest BCUT2D eigenvalue weighted by Crippen LogP contribution is 2.15. The maximum Gasteiger partial charge on any atom is 0.132 e. The zero-order chi connectivity index (χ0) is 12.0. The zero-order valence-corrected chi connectivity index (χ0v) is 10.8. The van der Waals surface area contributed by atoms with Crippen molar-refractivity contribution < 1.29 is 0 Å². The van der Waals surface area contributed by atoms with E-state index in [2.05, 4.69) is 36.1 Å². The van der Waals surface area contributed by atoms with Crippen LogP contribution in [0.5, 0.6) is 0 Å². The van der Waals surface area contributed by atoms with Gasteiger partial charge in [0, 0.05) is 24.4 Å². The summed E-state index contributed by atoms with van der Waals surface area (Å²) in [6.45, 7) is 7.56. The summed E-state index contributed by atoms with van der Waals surface area (Å²) in [5.41, 5.74) is 1.16. The van der Waals surface area contributed by atoms with E-state index < -0.39 is 0 Å². The van der Waals surface area contributed by atoms with E-state index in [9.17, 15) is 0 Å². The fraction of sp³-hybridized carbons (Fsp3) is 0.692. The molecule has 3 heteroatoms. The average molecular weight is 221 g/mol. The molecule has 1 unspecified atom stereocenters. The molecule has 0 radical (unpaired) electrons. The van der Waals surface area contributed by atoms with E-state index in [4.69, 9.17) is 0 Å². The van der Waals surface area contributed by atoms with Gasteiger partial charge in [-0.25, -0.2) is 9.97 Å². The summed E-state index contributed by atoms with van der Waals surface area (Å²) < 4.78 is 0. The van der Waals surface area contributed by atoms with Crippen molar-refractivity contribution in [1.82, 2.24) is 15.3 Å². The topological polar surface area (TPSA) is 37.8 Å². The molecule has 1 N–H and O–H groups in total. The van der Waals surface area contributed by atoms with Gasteiger partial charge in [0.05, 0.1) is 0 Å². The van der Waals surface area contributed by atoms with E-state index in [1.54, 1.807) is 0 Å². The molecule has 1 atom stereocenters. The van der Waals surface area contributed by atoms with Crippen LogP contribution >= 0.6 is 0 Å². The van der Waals surface area contributed by atoms with Crippen LogP contribution in [-0.4, -0.2) is 23.6 Å². The van der Waals surface area contributed by atoms with Crippen LogP contribution in [0.4, 0.5) is 0 Å². The van der Waals surface area contributed by atoms with Crippen LogP contribution in [0.15, 0.2) is 12.3 Å². The lowest BCUT2D eigenvalue weighted by Gasteiger charge is -2.14. The third-order valence-electron chi connectivity index (χ3n) is 2.66. The molecule has 90 valence electrons. The van der Waals surface area contributed by atoms with Crippen molar-refractivity contribution in [2.45, 2.75) is 39.5 Å². The lowest BCUT2D eigenvalue weighted by molar-refractivity contribution is 0.568. The Morgan fingerprint density at radius 3 is 2.69 bits per heavy atom. The molecule has 0 aliphatic heterocycles. The number of nitrogens with zero attached hydrogens (tertiary/aromatic N) is 2. The number of aromatic nitrogens is 2. The van der Waals surface area contributed by atoms with Crippen molar-refractivity contribution in [1.29, 1.82) is 0 Å². The van der Waals surface area contributed by atoms with Gasteiger partial charge in [-0.05, 0) is 31.9 Å². The van der Waals surface area contributed by atoms with Gasteiger partial charge in [0.15, 0.2) is 0 Å². The number of hydrogen-bond donors (Lipinski definition) is 1. The lowest BCUT2D eigenvalue weighted by Crippen LogP contribution is -2.19. The minimum Gasteiger partial charge on any atom is -0.319 e. The summed E-state index contributed by atoms with van der Waals surface area (Å²) in [6.07, 6.45) is 4.00. The van der Waals surface area contributed by atoms with Crippen molar-refractivity contribution in [3.05, 3.63) is 23.8 Å². The van der Waals surface area contributed by atoms with Crippen molar-refractivity contribution >= 4 is 0 Å². The summed E-state index contributed by atoms with van der Waals surface area (Å²) >= 11 is 0. The van der Waals surface area contributed by atoms with E-state index in [0.29, 0.717) is 11.8 Å². The van der Waals surface area contributed by atoms with E-state index in [1.165, 1.54) is 0 Å². The third-order valence-corrected chi connectivity index (χ3v) is 2.66. The Morgan fingerprint density at radius 1 is 1.38 bits per heavy atom. The van der Waals surface area contributed by atoms with Crippen LogP contribution in [0.3, 0.4) is 0 Å². The van der Waals surface area contributed by atoms with Gasteiger partial charge in [-0.2, -0.15) is 0 Å². The summed E-state index contributed by atoms with van der Waals surface area (Å²) in [5.74, 6) is 2.05. The van der Waals surface area contributed by atoms with Gasteiger partial charge in [-0.1, -0.05) is 20.8 Å². The van der Waals surface area contributed by atoms with Gasteiger partial charge < -0.3 is 5.32 Å². The van der Waals surface area contributed by atoms with E-state index in [-0.39, 0.29) is 0 Å². The predicted molar refractivity (Wildman–Crippen MR) is 67.5 cm³/mol. The molecule has 1 rings (SSSR count). The van der Waals surface area contributed by atoms with Crippen LogP contribution < -0.4 is 5.32 Å². The molecule has 0 amide bonds. The monoisotopic (exact) mass is 221 g/mol. The largest absolute Gasteiger partial charge is 0.319 e. The second-order valence-electron chi connectivity index (χ2n) is 4.67. The maximum atomic E-state index is 4.65. The van der Waals surface area contributed by atoms with Crippen LogP contribution in [-0.2, 0) is 6.42 Å². The molecule has 0 fully saturated rings. The molecule has 1 aromatic rings. The molecule has 0 aliphatic carbocycles. The molecule has 1 aromatic heterocycles. The summed E-state index contributed by atoms with van der Waals surface area (Å²) in [4.78, 5) is 9.04. The number of hydrogen-bond acceptors (Lipinski definition) is 3. The minimum absolute atomic E-state index is 0.428. The molecular formula is C13H23N3. The normalized spacial score (nSPS) is 13.1. The van der Waals surface area contributed by atoms with Crippen molar-refractivity contribution in [2.24, 2.45) is 5.92 Å². The quantitative estimate of drug-likeness (QED) is 0.801. The first-order chi connectivity index (χ1) is 7.67. The minimum atomic E-state index is 0.428. The van der Waals surface area contributed by atoms with E-state index in [0.717, 1.165) is 30.9 Å². The van der Waals surface area contributed by atoms with Gasteiger partial charge in [0.2, 0.25) is 0 Å². The molecule has 16 heavy (non-hydrogen) atoms. The van der Waals surface area contributed by atoms with Crippen LogP contribution in [0.2, 0.25) is 0 Å². The second kappa shape index (κ2) is 6.59. The number of likely N-dealkylation sites (N-methyl/N-ethyl adjacent to an activating group) is 1. The standard InChI is InChI=1S/C13H23N3/c1-5-11(9-14-4)13-15-7-6-12(16-13)8-10(2)3/h6-7,10-11,14H,5,8-9H2,1-4H3. The van der Waals surface area contributed by atoms with Crippen LogP contribution in [0.25, 0.3) is 0 Å². The molecule has 0 saturated heterocycles. The van der Waals surface area contributed by atoms with E-state index in [1.807, 2.05) is 19.3 Å². The molecule has 0 bridgehead atoms. The highest BCUT2D eigenvalue weighted by molar-refractivity contribution is 5.06. The van der Waals surface area contributed by atoms with Crippen molar-refractivity contribution in [3.8, 4) is 0 Å². The predicted octanol–water partition coefficient (Wildman–Crippen LogP) is 2.39.